The Hall–Kier alpha value is -1.05. The molecule has 0 saturated heterocycles. The Bertz CT molecular complexity index is 323. The molecule has 2 heteroatoms. The Morgan fingerprint density at radius 2 is 2.07 bits per heavy atom. The zero-order valence-corrected chi connectivity index (χ0v) is 9.17. The summed E-state index contributed by atoms with van der Waals surface area (Å²) in [7, 11) is 0. The molecule has 1 saturated carbocycles. The second-order valence-corrected chi connectivity index (χ2v) is 5.16. The van der Waals surface area contributed by atoms with Crippen LogP contribution in [-0.4, -0.2) is 11.0 Å². The molecule has 1 aromatic rings. The van der Waals surface area contributed by atoms with E-state index in [4.69, 9.17) is 0 Å². The number of pyridine rings is 1. The smallest absolute Gasteiger partial charge is 0.0531 e. The Morgan fingerprint density at radius 1 is 1.36 bits per heavy atom. The lowest BCUT2D eigenvalue weighted by Crippen LogP contribution is -2.41. The van der Waals surface area contributed by atoms with Gasteiger partial charge in [-0.3, -0.25) is 4.98 Å². The van der Waals surface area contributed by atoms with Gasteiger partial charge in [0.25, 0.3) is 0 Å². The molecule has 1 fully saturated rings. The van der Waals surface area contributed by atoms with Crippen molar-refractivity contribution in [3.8, 4) is 0 Å². The predicted octanol–water partition coefficient (Wildman–Crippen LogP) is 2.99. The molecule has 2 nitrogen and oxygen atoms in total. The summed E-state index contributed by atoms with van der Waals surface area (Å²) in [5.41, 5.74) is 2.91. The number of hydrogen-bond acceptors (Lipinski definition) is 2. The molecule has 0 amide bonds. The third kappa shape index (κ3) is 2.06. The highest BCUT2D eigenvalue weighted by Gasteiger charge is 2.35. The minimum absolute atomic E-state index is 0.537. The average Bonchev–Trinajstić information content (AvgIpc) is 2.00. The van der Waals surface area contributed by atoms with Crippen LogP contribution in [0.1, 0.15) is 32.3 Å². The van der Waals surface area contributed by atoms with Gasteiger partial charge in [0, 0.05) is 18.4 Å². The first-order valence-corrected chi connectivity index (χ1v) is 5.23. The Labute approximate surface area is 85.7 Å². The van der Waals surface area contributed by atoms with E-state index in [0.717, 1.165) is 5.69 Å². The molecule has 0 aromatic carbocycles. The van der Waals surface area contributed by atoms with Crippen LogP contribution in [-0.2, 0) is 0 Å². The molecular formula is C12H18N2. The number of rotatable bonds is 2. The summed E-state index contributed by atoms with van der Waals surface area (Å²) in [5.74, 6) is 0. The second-order valence-electron chi connectivity index (χ2n) is 5.16. The van der Waals surface area contributed by atoms with Crippen LogP contribution in [0.25, 0.3) is 0 Å². The maximum Gasteiger partial charge on any atom is 0.0531 e. The van der Waals surface area contributed by atoms with Crippen LogP contribution in [0.5, 0.6) is 0 Å². The zero-order chi connectivity index (χ0) is 10.2. The number of aryl methyl sites for hydroxylation is 1. The molecule has 1 N–H and O–H groups in total. The molecule has 14 heavy (non-hydrogen) atoms. The normalized spacial score (nSPS) is 20.2. The lowest BCUT2D eigenvalue weighted by atomic mass is 9.68. The molecule has 0 bridgehead atoms. The van der Waals surface area contributed by atoms with Crippen molar-refractivity contribution in [2.45, 2.75) is 39.7 Å². The van der Waals surface area contributed by atoms with E-state index in [1.54, 1.807) is 0 Å². The van der Waals surface area contributed by atoms with Gasteiger partial charge in [0.2, 0.25) is 0 Å². The van der Waals surface area contributed by atoms with E-state index in [1.807, 2.05) is 12.4 Å². The van der Waals surface area contributed by atoms with E-state index in [1.165, 1.54) is 18.4 Å². The van der Waals surface area contributed by atoms with Crippen LogP contribution in [0.15, 0.2) is 18.5 Å². The van der Waals surface area contributed by atoms with Gasteiger partial charge in [0.15, 0.2) is 0 Å². The first-order chi connectivity index (χ1) is 6.55. The first kappa shape index (κ1) is 9.50. The maximum absolute atomic E-state index is 4.17. The molecule has 0 radical (unpaired) electrons. The molecule has 1 aliphatic rings. The van der Waals surface area contributed by atoms with Crippen molar-refractivity contribution in [2.75, 3.05) is 5.32 Å². The number of hydrogen-bond donors (Lipinski definition) is 1. The van der Waals surface area contributed by atoms with Crippen molar-refractivity contribution in [2.24, 2.45) is 5.41 Å². The summed E-state index contributed by atoms with van der Waals surface area (Å²) in [6, 6.07) is 2.80. The standard InChI is InChI=1S/C12H18N2/c1-9-4-10(8-13-7-9)14-11-5-12(2,3)6-11/h4,7-8,11,14H,5-6H2,1-3H3. The maximum atomic E-state index is 4.17. The fraction of sp³-hybridized carbons (Fsp3) is 0.583. The molecule has 2 rings (SSSR count). The molecule has 1 aromatic heterocycles. The fourth-order valence-corrected chi connectivity index (χ4v) is 2.25. The van der Waals surface area contributed by atoms with Gasteiger partial charge >= 0.3 is 0 Å². The summed E-state index contributed by atoms with van der Waals surface area (Å²) in [5, 5.41) is 3.51. The van der Waals surface area contributed by atoms with Gasteiger partial charge in [-0.15, -0.1) is 0 Å². The highest BCUT2D eigenvalue weighted by molar-refractivity contribution is 5.44. The molecule has 1 heterocycles. The van der Waals surface area contributed by atoms with Gasteiger partial charge in [0.1, 0.15) is 0 Å². The molecule has 0 atom stereocenters. The number of nitrogens with zero attached hydrogens (tertiary/aromatic N) is 1. The van der Waals surface area contributed by atoms with Gasteiger partial charge in [-0.1, -0.05) is 13.8 Å². The van der Waals surface area contributed by atoms with E-state index in [-0.39, 0.29) is 0 Å². The molecule has 1 aliphatic carbocycles. The molecule has 0 unspecified atom stereocenters. The zero-order valence-electron chi connectivity index (χ0n) is 9.17. The predicted molar refractivity (Wildman–Crippen MR) is 59.4 cm³/mol. The molecular weight excluding hydrogens is 172 g/mol. The minimum Gasteiger partial charge on any atom is -0.381 e. The van der Waals surface area contributed by atoms with Crippen molar-refractivity contribution in [3.05, 3.63) is 24.0 Å². The summed E-state index contributed by atoms with van der Waals surface area (Å²) < 4.78 is 0. The van der Waals surface area contributed by atoms with Crippen LogP contribution >= 0.6 is 0 Å². The third-order valence-corrected chi connectivity index (χ3v) is 2.84. The van der Waals surface area contributed by atoms with E-state index in [0.29, 0.717) is 11.5 Å². The van der Waals surface area contributed by atoms with Crippen LogP contribution in [0, 0.1) is 12.3 Å². The Kier molecular flexibility index (Phi) is 2.22. The van der Waals surface area contributed by atoms with Crippen LogP contribution < -0.4 is 5.32 Å². The number of nitrogens with one attached hydrogen (secondary N) is 1. The monoisotopic (exact) mass is 190 g/mol. The molecule has 76 valence electrons. The summed E-state index contributed by atoms with van der Waals surface area (Å²) >= 11 is 0. The topological polar surface area (TPSA) is 24.9 Å². The number of aromatic nitrogens is 1. The Morgan fingerprint density at radius 3 is 2.64 bits per heavy atom. The number of anilines is 1. The van der Waals surface area contributed by atoms with Crippen LogP contribution in [0.2, 0.25) is 0 Å². The summed E-state index contributed by atoms with van der Waals surface area (Å²) in [6.07, 6.45) is 6.32. The van der Waals surface area contributed by atoms with Gasteiger partial charge in [-0.25, -0.2) is 0 Å². The van der Waals surface area contributed by atoms with Crippen molar-refractivity contribution < 1.29 is 0 Å². The van der Waals surface area contributed by atoms with Crippen molar-refractivity contribution in [3.63, 3.8) is 0 Å². The second kappa shape index (κ2) is 3.26. The van der Waals surface area contributed by atoms with Crippen molar-refractivity contribution in [1.29, 1.82) is 0 Å². The third-order valence-electron chi connectivity index (χ3n) is 2.84. The fourth-order valence-electron chi connectivity index (χ4n) is 2.25. The highest BCUT2D eigenvalue weighted by Crippen LogP contribution is 2.41. The first-order valence-electron chi connectivity index (χ1n) is 5.23. The van der Waals surface area contributed by atoms with E-state index >= 15 is 0 Å². The van der Waals surface area contributed by atoms with Gasteiger partial charge in [0.05, 0.1) is 5.69 Å². The average molecular weight is 190 g/mol. The minimum atomic E-state index is 0.537. The van der Waals surface area contributed by atoms with Gasteiger partial charge in [-0.2, -0.15) is 0 Å². The van der Waals surface area contributed by atoms with Crippen molar-refractivity contribution in [1.82, 2.24) is 4.98 Å². The highest BCUT2D eigenvalue weighted by atomic mass is 15.0. The Balaban J connectivity index is 1.93. The molecule has 0 spiro atoms. The molecule has 0 aliphatic heterocycles. The van der Waals surface area contributed by atoms with Crippen LogP contribution in [0.4, 0.5) is 5.69 Å². The van der Waals surface area contributed by atoms with E-state index in [2.05, 4.69) is 37.1 Å². The van der Waals surface area contributed by atoms with Crippen LogP contribution in [0.3, 0.4) is 0 Å². The summed E-state index contributed by atoms with van der Waals surface area (Å²) in [4.78, 5) is 4.17. The lowest BCUT2D eigenvalue weighted by molar-refractivity contribution is 0.167. The van der Waals surface area contributed by atoms with Gasteiger partial charge < -0.3 is 5.32 Å². The summed E-state index contributed by atoms with van der Waals surface area (Å²) in [6.45, 7) is 6.71. The lowest BCUT2D eigenvalue weighted by Gasteiger charge is -2.43. The SMILES string of the molecule is Cc1cncc(NC2CC(C)(C)C2)c1. The largest absolute Gasteiger partial charge is 0.381 e. The van der Waals surface area contributed by atoms with E-state index < -0.39 is 0 Å². The van der Waals surface area contributed by atoms with Crippen molar-refractivity contribution >= 4 is 5.69 Å². The van der Waals surface area contributed by atoms with E-state index in [9.17, 15) is 0 Å². The quantitative estimate of drug-likeness (QED) is 0.775. The van der Waals surface area contributed by atoms with Gasteiger partial charge in [-0.05, 0) is 36.8 Å².